The highest BCUT2D eigenvalue weighted by atomic mass is 31.2. The average molecular weight is 434 g/mol. The number of ether oxygens (including phenoxy) is 1. The van der Waals surface area contributed by atoms with E-state index in [0.29, 0.717) is 6.42 Å². The lowest BCUT2D eigenvalue weighted by Gasteiger charge is -2.27. The van der Waals surface area contributed by atoms with Crippen molar-refractivity contribution in [2.45, 2.75) is 97.2 Å². The second-order valence-electron chi connectivity index (χ2n) is 8.41. The summed E-state index contributed by atoms with van der Waals surface area (Å²) < 4.78 is 23.4. The maximum atomic E-state index is 12.8. The molecule has 0 aliphatic rings. The molecule has 29 heavy (non-hydrogen) atoms. The second kappa shape index (κ2) is 13.9. The third-order valence-electron chi connectivity index (χ3n) is 4.30. The van der Waals surface area contributed by atoms with Gasteiger partial charge in [-0.3, -0.25) is 18.9 Å². The molecule has 1 N–H and O–H groups in total. The summed E-state index contributed by atoms with van der Waals surface area (Å²) in [6.45, 7) is 10.3. The smallest absolute Gasteiger partial charge is 0.319 e. The Balaban J connectivity index is 4.61. The predicted octanol–water partition coefficient (Wildman–Crippen LogP) is 4.47. The fourth-order valence-electron chi connectivity index (χ4n) is 2.79. The highest BCUT2D eigenvalue weighted by molar-refractivity contribution is 7.60. The first-order valence-electron chi connectivity index (χ1n) is 10.7. The fraction of sp³-hybridized carbons (Fsp3) is 0.857. The lowest BCUT2D eigenvalue weighted by molar-refractivity contribution is -0.155. The van der Waals surface area contributed by atoms with Gasteiger partial charge < -0.3 is 14.6 Å². The number of rotatable bonds is 15. The van der Waals surface area contributed by atoms with Gasteiger partial charge in [0.05, 0.1) is 13.2 Å². The quantitative estimate of drug-likeness (QED) is 0.232. The lowest BCUT2D eigenvalue weighted by Crippen LogP contribution is -2.37. The maximum absolute atomic E-state index is 12.8. The van der Waals surface area contributed by atoms with Crippen molar-refractivity contribution in [1.82, 2.24) is 5.32 Å². The molecule has 170 valence electrons. The zero-order chi connectivity index (χ0) is 22.5. The van der Waals surface area contributed by atoms with Crippen molar-refractivity contribution in [3.05, 3.63) is 0 Å². The monoisotopic (exact) mass is 433 g/mol. The summed E-state index contributed by atoms with van der Waals surface area (Å²) in [7, 11) is -3.40. The third-order valence-corrected chi connectivity index (χ3v) is 6.60. The normalized spacial score (nSPS) is 14.7. The van der Waals surface area contributed by atoms with E-state index in [9.17, 15) is 18.9 Å². The summed E-state index contributed by atoms with van der Waals surface area (Å²) in [5.74, 6) is -1.29. The molecule has 0 saturated carbocycles. The van der Waals surface area contributed by atoms with Crippen LogP contribution in [0, 0.1) is 0 Å². The van der Waals surface area contributed by atoms with Crippen LogP contribution in [0.4, 0.5) is 0 Å². The molecule has 0 rings (SSSR count). The summed E-state index contributed by atoms with van der Waals surface area (Å²) in [6, 6.07) is 0. The minimum Gasteiger partial charge on any atom is -0.459 e. The van der Waals surface area contributed by atoms with Gasteiger partial charge in [0.2, 0.25) is 13.3 Å². The van der Waals surface area contributed by atoms with Crippen LogP contribution in [0.5, 0.6) is 0 Å². The molecule has 0 aromatic carbocycles. The van der Waals surface area contributed by atoms with Crippen LogP contribution in [0.15, 0.2) is 0 Å². The number of carbonyl (C=O) groups is 3. The number of esters is 1. The van der Waals surface area contributed by atoms with Crippen LogP contribution >= 0.6 is 7.37 Å². The molecule has 0 aromatic heterocycles. The molecule has 7 nitrogen and oxygen atoms in total. The van der Waals surface area contributed by atoms with Crippen molar-refractivity contribution in [1.29, 1.82) is 0 Å². The van der Waals surface area contributed by atoms with Gasteiger partial charge in [-0.2, -0.15) is 0 Å². The predicted molar refractivity (Wildman–Crippen MR) is 115 cm³/mol. The van der Waals surface area contributed by atoms with Crippen molar-refractivity contribution in [3.8, 4) is 0 Å². The number of amides is 1. The molecule has 8 heteroatoms. The van der Waals surface area contributed by atoms with Gasteiger partial charge in [-0.15, -0.1) is 0 Å². The number of ketones is 1. The molecular weight excluding hydrogens is 393 g/mol. The van der Waals surface area contributed by atoms with Gasteiger partial charge in [0.1, 0.15) is 11.3 Å². The van der Waals surface area contributed by atoms with Crippen molar-refractivity contribution in [3.63, 3.8) is 0 Å². The molecule has 0 fully saturated rings. The van der Waals surface area contributed by atoms with E-state index < -0.39 is 30.5 Å². The Kier molecular flexibility index (Phi) is 13.3. The Labute approximate surface area is 176 Å². The van der Waals surface area contributed by atoms with E-state index in [1.54, 1.807) is 27.7 Å². The summed E-state index contributed by atoms with van der Waals surface area (Å²) in [6.07, 6.45) is 6.61. The maximum Gasteiger partial charge on any atom is 0.319 e. The van der Waals surface area contributed by atoms with Gasteiger partial charge in [0.25, 0.3) is 0 Å². The Bertz CT molecular complexity index is 570. The molecule has 0 heterocycles. The van der Waals surface area contributed by atoms with Gasteiger partial charge in [-0.05, 0) is 34.1 Å². The molecule has 0 aliphatic heterocycles. The molecule has 0 radical (unpaired) electrons. The van der Waals surface area contributed by atoms with E-state index in [0.717, 1.165) is 19.3 Å². The first-order valence-corrected chi connectivity index (χ1v) is 12.8. The summed E-state index contributed by atoms with van der Waals surface area (Å²) in [5.41, 5.74) is -1.97. The van der Waals surface area contributed by atoms with Gasteiger partial charge in [0, 0.05) is 19.5 Å². The molecule has 0 saturated heterocycles. The van der Waals surface area contributed by atoms with Crippen molar-refractivity contribution >= 4 is 25.0 Å². The third kappa shape index (κ3) is 13.6. The molecule has 0 spiro atoms. The van der Waals surface area contributed by atoms with Crippen molar-refractivity contribution < 1.29 is 28.2 Å². The lowest BCUT2D eigenvalue weighted by atomic mass is 10.1. The molecule has 0 bridgehead atoms. The number of carbonyl (C=O) groups excluding carboxylic acids is 3. The molecule has 1 amide bonds. The average Bonchev–Trinajstić information content (AvgIpc) is 2.59. The highest BCUT2D eigenvalue weighted by Crippen LogP contribution is 2.50. The molecule has 2 unspecified atom stereocenters. The van der Waals surface area contributed by atoms with Gasteiger partial charge in [0.15, 0.2) is 5.78 Å². The first-order chi connectivity index (χ1) is 13.4. The zero-order valence-corrected chi connectivity index (χ0v) is 19.9. The number of nitrogens with one attached hydrogen (secondary N) is 1. The topological polar surface area (TPSA) is 98.8 Å². The second-order valence-corrected chi connectivity index (χ2v) is 11.1. The molecule has 0 aromatic rings. The van der Waals surface area contributed by atoms with Crippen LogP contribution < -0.4 is 5.32 Å². The zero-order valence-electron chi connectivity index (χ0n) is 19.0. The molecule has 0 aliphatic carbocycles. The van der Waals surface area contributed by atoms with Crippen LogP contribution in [0.1, 0.15) is 86.0 Å². The Morgan fingerprint density at radius 1 is 1.00 bits per heavy atom. The first kappa shape index (κ1) is 27.8. The summed E-state index contributed by atoms with van der Waals surface area (Å²) in [5, 5.41) is 2.53. The number of hydrogen-bond donors (Lipinski definition) is 1. The standard InChI is InChI=1S/C21H40NO6P/c1-7-9-10-11-12-13-14-17(23)16-22-19(24)15-18(29(6,26)27-8-2)20(25)28-21(3,4)5/h18H,7-16H2,1-6H3,(H,22,24). The van der Waals surface area contributed by atoms with Crippen LogP contribution in [-0.2, 0) is 28.2 Å². The minimum atomic E-state index is -3.40. The van der Waals surface area contributed by atoms with E-state index in [1.165, 1.54) is 25.9 Å². The molecule has 2 atom stereocenters. The summed E-state index contributed by atoms with van der Waals surface area (Å²) >= 11 is 0. The van der Waals surface area contributed by atoms with Crippen molar-refractivity contribution in [2.75, 3.05) is 19.8 Å². The summed E-state index contributed by atoms with van der Waals surface area (Å²) in [4.78, 5) is 36.7. The Hall–Kier alpha value is -1.20. The van der Waals surface area contributed by atoms with E-state index >= 15 is 0 Å². The van der Waals surface area contributed by atoms with E-state index in [2.05, 4.69) is 12.2 Å². The minimum absolute atomic E-state index is 0.0489. The van der Waals surface area contributed by atoms with Crippen molar-refractivity contribution in [2.24, 2.45) is 0 Å². The van der Waals surface area contributed by atoms with Crippen LogP contribution in [0.3, 0.4) is 0 Å². The Morgan fingerprint density at radius 3 is 2.14 bits per heavy atom. The van der Waals surface area contributed by atoms with Crippen LogP contribution in [0.2, 0.25) is 0 Å². The molecular formula is C21H40NO6P. The van der Waals surface area contributed by atoms with Gasteiger partial charge in [-0.25, -0.2) is 0 Å². The van der Waals surface area contributed by atoms with E-state index in [1.807, 2.05) is 0 Å². The fourth-order valence-corrected chi connectivity index (χ4v) is 4.42. The van der Waals surface area contributed by atoms with Crippen LogP contribution in [-0.4, -0.2) is 48.7 Å². The van der Waals surface area contributed by atoms with Crippen LogP contribution in [0.25, 0.3) is 0 Å². The van der Waals surface area contributed by atoms with E-state index in [-0.39, 0.29) is 25.4 Å². The van der Waals surface area contributed by atoms with E-state index in [4.69, 9.17) is 9.26 Å². The number of unbranched alkanes of at least 4 members (excludes halogenated alkanes) is 5. The SMILES string of the molecule is CCCCCCCCC(=O)CNC(=O)CC(C(=O)OC(C)(C)C)P(C)(=O)OCC. The number of Topliss-reactive ketones (excluding diaryl/α,β-unsaturated/α-hetero) is 1. The largest absolute Gasteiger partial charge is 0.459 e. The highest BCUT2D eigenvalue weighted by Gasteiger charge is 2.40. The Morgan fingerprint density at radius 2 is 1.59 bits per heavy atom. The van der Waals surface area contributed by atoms with Gasteiger partial charge in [-0.1, -0.05) is 39.0 Å². The number of hydrogen-bond acceptors (Lipinski definition) is 6. The van der Waals surface area contributed by atoms with Gasteiger partial charge >= 0.3 is 5.97 Å².